The number of ether oxygens (including phenoxy) is 1. The fourth-order valence-corrected chi connectivity index (χ4v) is 1.30. The number of carbonyl (C=O) groups excluding carboxylic acids is 1. The fraction of sp³-hybridized carbons (Fsp3) is 0.909. The van der Waals surface area contributed by atoms with E-state index >= 15 is 0 Å². The molecule has 7 heteroatoms. The summed E-state index contributed by atoms with van der Waals surface area (Å²) < 4.78 is 62.8. The molecule has 108 valence electrons. The van der Waals surface area contributed by atoms with Crippen molar-refractivity contribution >= 4 is 5.97 Å². The van der Waals surface area contributed by atoms with Gasteiger partial charge in [0.05, 0.1) is 0 Å². The molecule has 0 rings (SSSR count). The quantitative estimate of drug-likeness (QED) is 0.372. The molecule has 0 fully saturated rings. The van der Waals surface area contributed by atoms with Crippen molar-refractivity contribution in [2.24, 2.45) is 0 Å². The molecule has 0 amide bonds. The Labute approximate surface area is 102 Å². The molecule has 0 N–H and O–H groups in total. The molecular weight excluding hydrogens is 259 g/mol. The summed E-state index contributed by atoms with van der Waals surface area (Å²) in [5.41, 5.74) is 0. The zero-order valence-electron chi connectivity index (χ0n) is 10.2. The van der Waals surface area contributed by atoms with E-state index < -0.39 is 24.7 Å². The highest BCUT2D eigenvalue weighted by molar-refractivity contribution is 5.69. The number of carbonyl (C=O) groups is 1. The molecule has 0 aliphatic rings. The van der Waals surface area contributed by atoms with Gasteiger partial charge in [-0.05, 0) is 6.42 Å². The Morgan fingerprint density at radius 2 is 1.44 bits per heavy atom. The maximum absolute atomic E-state index is 12.3. The Bertz CT molecular complexity index is 250. The SMILES string of the molecule is CCCCCCCCC(=O)OC(F)(F)C(F)(F)F. The third-order valence-corrected chi connectivity index (χ3v) is 2.31. The average Bonchev–Trinajstić information content (AvgIpc) is 2.20. The third kappa shape index (κ3) is 6.76. The normalized spacial score (nSPS) is 12.6. The van der Waals surface area contributed by atoms with Gasteiger partial charge in [0.15, 0.2) is 0 Å². The first kappa shape index (κ1) is 17.1. The molecule has 0 aromatic rings. The minimum atomic E-state index is -5.86. The van der Waals surface area contributed by atoms with Gasteiger partial charge in [0.25, 0.3) is 0 Å². The molecule has 0 spiro atoms. The first-order chi connectivity index (χ1) is 8.20. The van der Waals surface area contributed by atoms with Crippen molar-refractivity contribution in [1.82, 2.24) is 0 Å². The van der Waals surface area contributed by atoms with Crippen LogP contribution in [0, 0.1) is 0 Å². The summed E-state index contributed by atoms with van der Waals surface area (Å²) in [7, 11) is 0. The topological polar surface area (TPSA) is 26.3 Å². The van der Waals surface area contributed by atoms with E-state index in [9.17, 15) is 26.7 Å². The van der Waals surface area contributed by atoms with Crippen LogP contribution in [0.3, 0.4) is 0 Å². The van der Waals surface area contributed by atoms with Crippen LogP contribution < -0.4 is 0 Å². The van der Waals surface area contributed by atoms with E-state index in [0.717, 1.165) is 25.7 Å². The summed E-state index contributed by atoms with van der Waals surface area (Å²) in [6, 6.07) is 0. The first-order valence-electron chi connectivity index (χ1n) is 5.87. The van der Waals surface area contributed by atoms with Gasteiger partial charge in [-0.2, -0.15) is 22.0 Å². The Kier molecular flexibility index (Phi) is 7.16. The average molecular weight is 276 g/mol. The summed E-state index contributed by atoms with van der Waals surface area (Å²) >= 11 is 0. The van der Waals surface area contributed by atoms with Crippen molar-refractivity contribution in [3.63, 3.8) is 0 Å². The zero-order valence-corrected chi connectivity index (χ0v) is 10.2. The van der Waals surface area contributed by atoms with Crippen LogP contribution in [0.1, 0.15) is 51.9 Å². The number of halogens is 5. The van der Waals surface area contributed by atoms with Crippen LogP contribution >= 0.6 is 0 Å². The molecule has 2 nitrogen and oxygen atoms in total. The van der Waals surface area contributed by atoms with Crippen molar-refractivity contribution in [2.45, 2.75) is 64.2 Å². The minimum absolute atomic E-state index is 0.260. The largest absolute Gasteiger partial charge is 0.501 e. The van der Waals surface area contributed by atoms with Gasteiger partial charge in [0, 0.05) is 6.42 Å². The van der Waals surface area contributed by atoms with Crippen LogP contribution in [-0.4, -0.2) is 18.3 Å². The van der Waals surface area contributed by atoms with Gasteiger partial charge < -0.3 is 4.74 Å². The number of alkyl halides is 5. The van der Waals surface area contributed by atoms with Gasteiger partial charge >= 0.3 is 18.3 Å². The monoisotopic (exact) mass is 276 g/mol. The lowest BCUT2D eigenvalue weighted by Gasteiger charge is -2.18. The van der Waals surface area contributed by atoms with E-state index in [1.165, 1.54) is 0 Å². The number of rotatable bonds is 8. The van der Waals surface area contributed by atoms with Crippen molar-refractivity contribution < 1.29 is 31.5 Å². The molecule has 0 bridgehead atoms. The van der Waals surface area contributed by atoms with E-state index in [4.69, 9.17) is 0 Å². The van der Waals surface area contributed by atoms with Crippen LogP contribution in [0.25, 0.3) is 0 Å². The number of unbranched alkanes of at least 4 members (excludes halogenated alkanes) is 5. The Morgan fingerprint density at radius 1 is 0.944 bits per heavy atom. The van der Waals surface area contributed by atoms with Crippen LogP contribution in [0.15, 0.2) is 0 Å². The van der Waals surface area contributed by atoms with E-state index in [0.29, 0.717) is 6.42 Å². The molecular formula is C11H17F5O2. The summed E-state index contributed by atoms with van der Waals surface area (Å²) in [6.07, 6.45) is -6.92. The van der Waals surface area contributed by atoms with Crippen molar-refractivity contribution in [3.8, 4) is 0 Å². The molecule has 0 aromatic carbocycles. The molecule has 0 aliphatic heterocycles. The predicted octanol–water partition coefficient (Wildman–Crippen LogP) is 4.44. The second-order valence-corrected chi connectivity index (χ2v) is 4.01. The second-order valence-electron chi connectivity index (χ2n) is 4.01. The minimum Gasteiger partial charge on any atom is -0.394 e. The van der Waals surface area contributed by atoms with E-state index in [1.54, 1.807) is 0 Å². The Morgan fingerprint density at radius 3 is 1.94 bits per heavy atom. The lowest BCUT2D eigenvalue weighted by atomic mass is 10.1. The summed E-state index contributed by atoms with van der Waals surface area (Å²) in [4.78, 5) is 10.8. The number of hydrogen-bond acceptors (Lipinski definition) is 2. The fourth-order valence-electron chi connectivity index (χ4n) is 1.30. The number of esters is 1. The molecule has 0 unspecified atom stereocenters. The van der Waals surface area contributed by atoms with Gasteiger partial charge in [0.2, 0.25) is 0 Å². The van der Waals surface area contributed by atoms with E-state index in [1.807, 2.05) is 6.92 Å². The highest BCUT2D eigenvalue weighted by Crippen LogP contribution is 2.36. The third-order valence-electron chi connectivity index (χ3n) is 2.31. The van der Waals surface area contributed by atoms with Gasteiger partial charge in [-0.15, -0.1) is 0 Å². The lowest BCUT2D eigenvalue weighted by Crippen LogP contribution is -2.40. The van der Waals surface area contributed by atoms with Crippen molar-refractivity contribution in [1.29, 1.82) is 0 Å². The first-order valence-corrected chi connectivity index (χ1v) is 5.87. The summed E-state index contributed by atoms with van der Waals surface area (Å²) in [5.74, 6) is -1.52. The van der Waals surface area contributed by atoms with Crippen LogP contribution in [0.5, 0.6) is 0 Å². The zero-order chi connectivity index (χ0) is 14.2. The van der Waals surface area contributed by atoms with Gasteiger partial charge in [-0.3, -0.25) is 4.79 Å². The molecule has 0 aliphatic carbocycles. The highest BCUT2D eigenvalue weighted by Gasteiger charge is 2.61. The Hall–Kier alpha value is -0.880. The molecule has 18 heavy (non-hydrogen) atoms. The lowest BCUT2D eigenvalue weighted by molar-refractivity contribution is -0.376. The van der Waals surface area contributed by atoms with Gasteiger partial charge in [0.1, 0.15) is 0 Å². The summed E-state index contributed by atoms with van der Waals surface area (Å²) in [5, 5.41) is 0. The maximum Gasteiger partial charge on any atom is 0.501 e. The molecule has 0 heterocycles. The van der Waals surface area contributed by atoms with E-state index in [-0.39, 0.29) is 6.42 Å². The molecule has 0 radical (unpaired) electrons. The molecule has 0 saturated heterocycles. The van der Waals surface area contributed by atoms with Crippen LogP contribution in [0.2, 0.25) is 0 Å². The number of hydrogen-bond donors (Lipinski definition) is 0. The van der Waals surface area contributed by atoms with E-state index in [2.05, 4.69) is 4.74 Å². The molecule has 0 atom stereocenters. The standard InChI is InChI=1S/C11H17F5O2/c1-2-3-4-5-6-7-8-9(17)18-11(15,16)10(12,13)14/h2-8H2,1H3. The maximum atomic E-state index is 12.3. The summed E-state index contributed by atoms with van der Waals surface area (Å²) in [6.45, 7) is 2.02. The predicted molar refractivity (Wildman–Crippen MR) is 55.1 cm³/mol. The van der Waals surface area contributed by atoms with Gasteiger partial charge in [-0.25, -0.2) is 0 Å². The van der Waals surface area contributed by atoms with Crippen molar-refractivity contribution in [2.75, 3.05) is 0 Å². The smallest absolute Gasteiger partial charge is 0.394 e. The van der Waals surface area contributed by atoms with Crippen molar-refractivity contribution in [3.05, 3.63) is 0 Å². The second kappa shape index (κ2) is 7.53. The highest BCUT2D eigenvalue weighted by atomic mass is 19.4. The van der Waals surface area contributed by atoms with Crippen LogP contribution in [-0.2, 0) is 9.53 Å². The van der Waals surface area contributed by atoms with Crippen LogP contribution in [0.4, 0.5) is 22.0 Å². The molecule has 0 aromatic heterocycles. The molecule has 0 saturated carbocycles. The van der Waals surface area contributed by atoms with Gasteiger partial charge in [-0.1, -0.05) is 39.0 Å². The Balaban J connectivity index is 3.78.